The summed E-state index contributed by atoms with van der Waals surface area (Å²) in [7, 11) is 0. The molecular formula is C8H17BrClN5S. The third-order valence-electron chi connectivity index (χ3n) is 1.65. The van der Waals surface area contributed by atoms with Crippen molar-refractivity contribution in [2.24, 2.45) is 22.2 Å². The van der Waals surface area contributed by atoms with Crippen molar-refractivity contribution >= 4 is 51.8 Å². The summed E-state index contributed by atoms with van der Waals surface area (Å²) in [6, 6.07) is 0. The van der Waals surface area contributed by atoms with Crippen molar-refractivity contribution in [3.63, 3.8) is 0 Å². The number of unbranched alkanes of at least 4 members (excludes halogenated alkanes) is 1. The predicted octanol–water partition coefficient (Wildman–Crippen LogP) is 1.33. The van der Waals surface area contributed by atoms with Crippen molar-refractivity contribution in [2.75, 3.05) is 6.54 Å². The molecule has 0 fully saturated rings. The highest BCUT2D eigenvalue weighted by Crippen LogP contribution is 2.19. The fourth-order valence-electron chi connectivity index (χ4n) is 1.02. The number of nitrogens with zero attached hydrogens (tertiary/aromatic N) is 2. The average molecular weight is 331 g/mol. The van der Waals surface area contributed by atoms with Gasteiger partial charge in [-0.25, -0.2) is 4.98 Å². The van der Waals surface area contributed by atoms with Crippen LogP contribution in [0.2, 0.25) is 0 Å². The van der Waals surface area contributed by atoms with Crippen LogP contribution in [0.3, 0.4) is 0 Å². The molecule has 16 heavy (non-hydrogen) atoms. The predicted molar refractivity (Wildman–Crippen MR) is 77.1 cm³/mol. The number of aromatic nitrogens is 1. The Labute approximate surface area is 116 Å². The summed E-state index contributed by atoms with van der Waals surface area (Å²) in [5.74, 6) is 0.0489. The number of hydrogen-bond acceptors (Lipinski definition) is 4. The molecule has 0 aliphatic rings. The number of hydrogen-bond donors (Lipinski definition) is 3. The van der Waals surface area contributed by atoms with Gasteiger partial charge in [0, 0.05) is 5.38 Å². The van der Waals surface area contributed by atoms with E-state index >= 15 is 0 Å². The van der Waals surface area contributed by atoms with Crippen LogP contribution in [0.15, 0.2) is 10.4 Å². The maximum absolute atomic E-state index is 5.39. The molecule has 0 aromatic carbocycles. The molecule has 8 heteroatoms. The second kappa shape index (κ2) is 9.83. The second-order valence-corrected chi connectivity index (χ2v) is 3.74. The van der Waals surface area contributed by atoms with Crippen molar-refractivity contribution in [3.8, 4) is 0 Å². The summed E-state index contributed by atoms with van der Waals surface area (Å²) in [4.78, 5) is 8.12. The Morgan fingerprint density at radius 2 is 2.06 bits per heavy atom. The Hall–Kier alpha value is -0.370. The van der Waals surface area contributed by atoms with Gasteiger partial charge < -0.3 is 17.2 Å². The van der Waals surface area contributed by atoms with E-state index in [9.17, 15) is 0 Å². The molecule has 6 N–H and O–H groups in total. The van der Waals surface area contributed by atoms with Crippen LogP contribution < -0.4 is 17.2 Å². The average Bonchev–Trinajstić information content (AvgIpc) is 2.52. The molecule has 0 unspecified atom stereocenters. The maximum atomic E-state index is 5.39. The van der Waals surface area contributed by atoms with E-state index in [-0.39, 0.29) is 35.3 Å². The molecule has 0 atom stereocenters. The van der Waals surface area contributed by atoms with Crippen LogP contribution in [-0.4, -0.2) is 17.5 Å². The van der Waals surface area contributed by atoms with Crippen molar-refractivity contribution < 1.29 is 0 Å². The normalized spacial score (nSPS) is 8.81. The molecule has 5 nitrogen and oxygen atoms in total. The SMILES string of the molecule is Br.Cl.NCCCCc1csc(N=C(N)N)n1. The molecular weight excluding hydrogens is 314 g/mol. The number of aryl methyl sites for hydroxylation is 1. The van der Waals surface area contributed by atoms with Gasteiger partial charge in [-0.3, -0.25) is 0 Å². The van der Waals surface area contributed by atoms with Crippen molar-refractivity contribution in [1.82, 2.24) is 4.98 Å². The molecule has 1 rings (SSSR count). The number of rotatable bonds is 5. The van der Waals surface area contributed by atoms with Gasteiger partial charge in [0.25, 0.3) is 0 Å². The quantitative estimate of drug-likeness (QED) is 0.430. The lowest BCUT2D eigenvalue weighted by atomic mass is 10.2. The third-order valence-corrected chi connectivity index (χ3v) is 2.43. The first-order valence-electron chi connectivity index (χ1n) is 4.46. The Morgan fingerprint density at radius 3 is 2.62 bits per heavy atom. The molecule has 1 heterocycles. The van der Waals surface area contributed by atoms with Gasteiger partial charge in [-0.1, -0.05) is 0 Å². The third kappa shape index (κ3) is 7.00. The Morgan fingerprint density at radius 1 is 1.38 bits per heavy atom. The van der Waals surface area contributed by atoms with E-state index in [0.29, 0.717) is 5.13 Å². The highest BCUT2D eigenvalue weighted by molar-refractivity contribution is 8.93. The zero-order valence-corrected chi connectivity index (χ0v) is 12.1. The number of halogens is 2. The molecule has 0 spiro atoms. The van der Waals surface area contributed by atoms with Crippen molar-refractivity contribution in [3.05, 3.63) is 11.1 Å². The van der Waals surface area contributed by atoms with E-state index in [4.69, 9.17) is 17.2 Å². The number of nitrogens with two attached hydrogens (primary N) is 3. The van der Waals surface area contributed by atoms with E-state index in [1.54, 1.807) is 0 Å². The van der Waals surface area contributed by atoms with Crippen LogP contribution >= 0.6 is 40.7 Å². The highest BCUT2D eigenvalue weighted by atomic mass is 79.9. The highest BCUT2D eigenvalue weighted by Gasteiger charge is 2.00. The largest absolute Gasteiger partial charge is 0.370 e. The Balaban J connectivity index is 0. The summed E-state index contributed by atoms with van der Waals surface area (Å²) >= 11 is 1.45. The van der Waals surface area contributed by atoms with Gasteiger partial charge in [0.2, 0.25) is 5.13 Å². The van der Waals surface area contributed by atoms with E-state index in [0.717, 1.165) is 31.5 Å². The molecule has 0 saturated carbocycles. The van der Waals surface area contributed by atoms with Gasteiger partial charge in [0.1, 0.15) is 0 Å². The smallest absolute Gasteiger partial charge is 0.212 e. The monoisotopic (exact) mass is 329 g/mol. The van der Waals surface area contributed by atoms with Crippen LogP contribution in [0, 0.1) is 0 Å². The zero-order chi connectivity index (χ0) is 10.4. The van der Waals surface area contributed by atoms with Gasteiger partial charge in [-0.2, -0.15) is 4.99 Å². The van der Waals surface area contributed by atoms with E-state index < -0.39 is 0 Å². The molecule has 1 aromatic heterocycles. The van der Waals surface area contributed by atoms with Gasteiger partial charge in [-0.15, -0.1) is 40.7 Å². The molecule has 0 saturated heterocycles. The standard InChI is InChI=1S/C8H15N5S.BrH.ClH/c9-4-2-1-3-6-5-14-8(12-6)13-7(10)11;;/h5H,1-4,9H2,(H4,10,11,12,13);2*1H. The zero-order valence-electron chi connectivity index (χ0n) is 8.76. The molecule has 1 aromatic rings. The lowest BCUT2D eigenvalue weighted by Gasteiger charge is -1.93. The van der Waals surface area contributed by atoms with Crippen LogP contribution in [0.25, 0.3) is 0 Å². The molecule has 0 aliphatic heterocycles. The van der Waals surface area contributed by atoms with E-state index in [2.05, 4.69) is 9.98 Å². The summed E-state index contributed by atoms with van der Waals surface area (Å²) in [5, 5.41) is 2.59. The second-order valence-electron chi connectivity index (χ2n) is 2.90. The van der Waals surface area contributed by atoms with Crippen LogP contribution in [-0.2, 0) is 6.42 Å². The van der Waals surface area contributed by atoms with E-state index in [1.807, 2.05) is 5.38 Å². The first-order valence-corrected chi connectivity index (χ1v) is 5.34. The van der Waals surface area contributed by atoms with Crippen molar-refractivity contribution in [2.45, 2.75) is 19.3 Å². The van der Waals surface area contributed by atoms with Crippen LogP contribution in [0.4, 0.5) is 5.13 Å². The minimum absolute atomic E-state index is 0. The summed E-state index contributed by atoms with van der Waals surface area (Å²) in [6.45, 7) is 0.727. The fraction of sp³-hybridized carbons (Fsp3) is 0.500. The van der Waals surface area contributed by atoms with Gasteiger partial charge in [0.05, 0.1) is 5.69 Å². The van der Waals surface area contributed by atoms with Gasteiger partial charge in [-0.05, 0) is 25.8 Å². The van der Waals surface area contributed by atoms with Gasteiger partial charge in [0.15, 0.2) is 5.96 Å². The minimum Gasteiger partial charge on any atom is -0.370 e. The minimum atomic E-state index is 0. The first kappa shape index (κ1) is 18.0. The molecule has 94 valence electrons. The fourth-order valence-corrected chi connectivity index (χ4v) is 1.76. The van der Waals surface area contributed by atoms with Gasteiger partial charge >= 0.3 is 0 Å². The number of aliphatic imine (C=N–C) groups is 1. The molecule has 0 radical (unpaired) electrons. The molecule has 0 aliphatic carbocycles. The lowest BCUT2D eigenvalue weighted by Crippen LogP contribution is -2.21. The first-order chi connectivity index (χ1) is 6.72. The summed E-state index contributed by atoms with van der Waals surface area (Å²) < 4.78 is 0. The Bertz CT molecular complexity index is 313. The number of guanidine groups is 1. The van der Waals surface area contributed by atoms with Crippen LogP contribution in [0.1, 0.15) is 18.5 Å². The number of thiazole rings is 1. The van der Waals surface area contributed by atoms with E-state index in [1.165, 1.54) is 11.3 Å². The lowest BCUT2D eigenvalue weighted by molar-refractivity contribution is 0.735. The van der Waals surface area contributed by atoms with Crippen LogP contribution in [0.5, 0.6) is 0 Å². The summed E-state index contributed by atoms with van der Waals surface area (Å²) in [6.07, 6.45) is 3.02. The Kier molecular flexibility index (Phi) is 11.1. The topological polar surface area (TPSA) is 103 Å². The maximum Gasteiger partial charge on any atom is 0.212 e. The molecule has 0 amide bonds. The molecule has 0 bridgehead atoms. The van der Waals surface area contributed by atoms with Crippen molar-refractivity contribution in [1.29, 1.82) is 0 Å². The summed E-state index contributed by atoms with van der Waals surface area (Å²) in [5.41, 5.74) is 16.9.